The molecule has 0 saturated heterocycles. The molecule has 4 aliphatic carbocycles. The minimum atomic E-state index is -4.10. The molecule has 1 aromatic carbocycles. The van der Waals surface area contributed by atoms with Crippen LogP contribution in [0.2, 0.25) is 0 Å². The molecule has 6 heteroatoms. The molecule has 4 saturated carbocycles. The molecule has 0 amide bonds. The van der Waals surface area contributed by atoms with Gasteiger partial charge in [0.2, 0.25) is 0 Å². The van der Waals surface area contributed by atoms with Gasteiger partial charge in [0.05, 0.1) is 19.6 Å². The first kappa shape index (κ1) is 18.0. The van der Waals surface area contributed by atoms with Crippen LogP contribution in [-0.4, -0.2) is 25.9 Å². The molecule has 4 bridgehead atoms. The van der Waals surface area contributed by atoms with E-state index in [-0.39, 0.29) is 18.3 Å². The lowest BCUT2D eigenvalue weighted by Crippen LogP contribution is -2.65. The fourth-order valence-electron chi connectivity index (χ4n) is 6.06. The second-order valence-corrected chi connectivity index (χ2v) is 8.59. The van der Waals surface area contributed by atoms with Crippen molar-refractivity contribution in [1.29, 1.82) is 0 Å². The third kappa shape index (κ3) is 2.96. The number of ether oxygens (including phenoxy) is 2. The van der Waals surface area contributed by atoms with Gasteiger partial charge in [-0.1, -0.05) is 0 Å². The Labute approximate surface area is 152 Å². The van der Waals surface area contributed by atoms with Crippen molar-refractivity contribution in [1.82, 2.24) is 5.32 Å². The number of rotatable bonds is 5. The molecule has 144 valence electrons. The van der Waals surface area contributed by atoms with Crippen molar-refractivity contribution in [2.24, 2.45) is 17.3 Å². The minimum absolute atomic E-state index is 0.199. The highest BCUT2D eigenvalue weighted by Gasteiger charge is 2.67. The molecule has 0 spiro atoms. The smallest absolute Gasteiger partial charge is 0.394 e. The van der Waals surface area contributed by atoms with Gasteiger partial charge in [0.1, 0.15) is 11.5 Å². The van der Waals surface area contributed by atoms with Crippen molar-refractivity contribution >= 4 is 0 Å². The molecule has 26 heavy (non-hydrogen) atoms. The van der Waals surface area contributed by atoms with Crippen LogP contribution in [0.3, 0.4) is 0 Å². The molecular formula is C20H26F3NO2. The molecule has 0 heterocycles. The first-order valence-electron chi connectivity index (χ1n) is 9.30. The summed E-state index contributed by atoms with van der Waals surface area (Å²) in [5, 5.41) is 3.53. The summed E-state index contributed by atoms with van der Waals surface area (Å²) in [6, 6.07) is 5.62. The van der Waals surface area contributed by atoms with Crippen LogP contribution in [0, 0.1) is 17.3 Å². The van der Waals surface area contributed by atoms with Crippen molar-refractivity contribution in [2.45, 2.75) is 56.8 Å². The van der Waals surface area contributed by atoms with Gasteiger partial charge in [-0.2, -0.15) is 13.2 Å². The maximum Gasteiger partial charge on any atom is 0.394 e. The Morgan fingerprint density at radius 1 is 1.00 bits per heavy atom. The number of nitrogens with one attached hydrogen (secondary N) is 1. The van der Waals surface area contributed by atoms with Crippen LogP contribution in [0.5, 0.6) is 11.5 Å². The Hall–Kier alpha value is -1.43. The number of benzene rings is 1. The normalized spacial score (nSPS) is 35.6. The van der Waals surface area contributed by atoms with Crippen molar-refractivity contribution in [3.8, 4) is 11.5 Å². The Bertz CT molecular complexity index is 652. The Balaban J connectivity index is 1.55. The molecule has 0 aliphatic heterocycles. The van der Waals surface area contributed by atoms with Gasteiger partial charge in [-0.05, 0) is 68.1 Å². The Morgan fingerprint density at radius 2 is 1.58 bits per heavy atom. The monoisotopic (exact) mass is 369 g/mol. The van der Waals surface area contributed by atoms with Gasteiger partial charge in [0.15, 0.2) is 0 Å². The molecule has 4 fully saturated rings. The maximum absolute atomic E-state index is 13.9. The van der Waals surface area contributed by atoms with Crippen LogP contribution in [0.4, 0.5) is 13.2 Å². The molecule has 0 aromatic heterocycles. The van der Waals surface area contributed by atoms with Gasteiger partial charge >= 0.3 is 6.18 Å². The largest absolute Gasteiger partial charge is 0.497 e. The van der Waals surface area contributed by atoms with Crippen LogP contribution in [0.25, 0.3) is 0 Å². The zero-order valence-electron chi connectivity index (χ0n) is 15.3. The minimum Gasteiger partial charge on any atom is -0.497 e. The lowest BCUT2D eigenvalue weighted by Gasteiger charge is -2.62. The van der Waals surface area contributed by atoms with Crippen molar-refractivity contribution in [3.05, 3.63) is 23.8 Å². The molecule has 1 N–H and O–H groups in total. The quantitative estimate of drug-likeness (QED) is 0.816. The number of hydrogen-bond donors (Lipinski definition) is 1. The zero-order valence-corrected chi connectivity index (χ0v) is 15.3. The van der Waals surface area contributed by atoms with E-state index in [0.29, 0.717) is 30.9 Å². The molecule has 5 rings (SSSR count). The predicted octanol–water partition coefficient (Wildman–Crippen LogP) is 4.69. The fourth-order valence-corrected chi connectivity index (χ4v) is 6.06. The topological polar surface area (TPSA) is 30.5 Å². The summed E-state index contributed by atoms with van der Waals surface area (Å²) >= 11 is 0. The third-order valence-corrected chi connectivity index (χ3v) is 6.74. The standard InChI is InChI=1S/C20H26F3NO2/c1-25-16-4-13(5-17(6-16)26-2)11-24-19-9-14-3-15(10-19)8-18(7-14,12-19)20(21,22)23/h4-6,14-15,24H,3,7-12H2,1-2H3/t14-,15+,18?,19?. The van der Waals surface area contributed by atoms with E-state index in [4.69, 9.17) is 9.47 Å². The van der Waals surface area contributed by atoms with E-state index >= 15 is 0 Å². The third-order valence-electron chi connectivity index (χ3n) is 6.74. The molecule has 4 aliphatic rings. The summed E-state index contributed by atoms with van der Waals surface area (Å²) in [5.74, 6) is 1.78. The Kier molecular flexibility index (Phi) is 4.17. The van der Waals surface area contributed by atoms with E-state index < -0.39 is 17.1 Å². The highest BCUT2D eigenvalue weighted by atomic mass is 19.4. The van der Waals surface area contributed by atoms with Gasteiger partial charge < -0.3 is 14.8 Å². The van der Waals surface area contributed by atoms with E-state index in [2.05, 4.69) is 5.32 Å². The summed E-state index contributed by atoms with van der Waals surface area (Å²) in [6.45, 7) is 0.529. The van der Waals surface area contributed by atoms with Crippen LogP contribution in [0.1, 0.15) is 44.1 Å². The average molecular weight is 369 g/mol. The summed E-state index contributed by atoms with van der Waals surface area (Å²) in [5.41, 5.74) is -0.899. The van der Waals surface area contributed by atoms with Crippen molar-refractivity contribution in [2.75, 3.05) is 14.2 Å². The van der Waals surface area contributed by atoms with Crippen molar-refractivity contribution in [3.63, 3.8) is 0 Å². The lowest BCUT2D eigenvalue weighted by atomic mass is 9.46. The van der Waals surface area contributed by atoms with Crippen LogP contribution >= 0.6 is 0 Å². The molecule has 3 nitrogen and oxygen atoms in total. The maximum atomic E-state index is 13.9. The van der Waals surface area contributed by atoms with E-state index in [1.807, 2.05) is 12.1 Å². The molecular weight excluding hydrogens is 343 g/mol. The number of halogens is 3. The summed E-state index contributed by atoms with van der Waals surface area (Å²) < 4.78 is 52.2. The second kappa shape index (κ2) is 6.04. The lowest BCUT2D eigenvalue weighted by molar-refractivity contribution is -0.278. The second-order valence-electron chi connectivity index (χ2n) is 8.59. The van der Waals surface area contributed by atoms with Crippen LogP contribution in [-0.2, 0) is 6.54 Å². The molecule has 0 radical (unpaired) electrons. The number of alkyl halides is 3. The van der Waals surface area contributed by atoms with E-state index in [0.717, 1.165) is 24.8 Å². The summed E-state index contributed by atoms with van der Waals surface area (Å²) in [4.78, 5) is 0. The van der Waals surface area contributed by atoms with Gasteiger partial charge in [-0.3, -0.25) is 0 Å². The molecule has 2 unspecified atom stereocenters. The van der Waals surface area contributed by atoms with Crippen LogP contribution < -0.4 is 14.8 Å². The average Bonchev–Trinajstić information content (AvgIpc) is 2.57. The zero-order chi connectivity index (χ0) is 18.6. The summed E-state index contributed by atoms with van der Waals surface area (Å²) in [7, 11) is 3.19. The number of methoxy groups -OCH3 is 2. The molecule has 1 aromatic rings. The van der Waals surface area contributed by atoms with Gasteiger partial charge in [0.25, 0.3) is 0 Å². The predicted molar refractivity (Wildman–Crippen MR) is 92.3 cm³/mol. The van der Waals surface area contributed by atoms with E-state index in [1.54, 1.807) is 20.3 Å². The SMILES string of the molecule is COc1cc(CNC23C[C@H]4C[C@@H](C2)CC(C(F)(F)F)(C4)C3)cc(OC)c1. The van der Waals surface area contributed by atoms with E-state index in [1.165, 1.54) is 0 Å². The summed E-state index contributed by atoms with van der Waals surface area (Å²) in [6.07, 6.45) is -0.541. The van der Waals surface area contributed by atoms with Gasteiger partial charge in [-0.25, -0.2) is 0 Å². The van der Waals surface area contributed by atoms with Gasteiger partial charge in [-0.15, -0.1) is 0 Å². The Morgan fingerprint density at radius 3 is 2.08 bits per heavy atom. The highest BCUT2D eigenvalue weighted by Crippen LogP contribution is 2.66. The van der Waals surface area contributed by atoms with E-state index in [9.17, 15) is 13.2 Å². The van der Waals surface area contributed by atoms with Gasteiger partial charge in [0, 0.05) is 18.2 Å². The van der Waals surface area contributed by atoms with Crippen molar-refractivity contribution < 1.29 is 22.6 Å². The number of hydrogen-bond acceptors (Lipinski definition) is 3. The molecule has 4 atom stereocenters. The van der Waals surface area contributed by atoms with Crippen LogP contribution in [0.15, 0.2) is 18.2 Å². The fraction of sp³-hybridized carbons (Fsp3) is 0.700. The first-order chi connectivity index (χ1) is 12.3. The first-order valence-corrected chi connectivity index (χ1v) is 9.30. The highest BCUT2D eigenvalue weighted by molar-refractivity contribution is 5.38.